The Morgan fingerprint density at radius 3 is 2.27 bits per heavy atom. The van der Waals surface area contributed by atoms with Crippen LogP contribution in [-0.4, -0.2) is 28.2 Å². The van der Waals surface area contributed by atoms with Crippen molar-refractivity contribution in [2.24, 2.45) is 0 Å². The fourth-order valence-electron chi connectivity index (χ4n) is 2.72. The molecule has 0 unspecified atom stereocenters. The molecule has 2 N–H and O–H groups in total. The summed E-state index contributed by atoms with van der Waals surface area (Å²) in [5.74, 6) is 2.55. The summed E-state index contributed by atoms with van der Waals surface area (Å²) in [4.78, 5) is 11.2. The van der Waals surface area contributed by atoms with E-state index in [2.05, 4.69) is 56.6 Å². The highest BCUT2D eigenvalue weighted by molar-refractivity contribution is 5.61. The van der Waals surface area contributed by atoms with E-state index in [0.717, 1.165) is 30.2 Å². The molecule has 3 rings (SSSR count). The number of rotatable bonds is 7. The third kappa shape index (κ3) is 4.30. The standard InChI is InChI=1S/C19H24N6O/c1-5-25(6-2)16-9-7-15(8-10-16)21-19-20-13(3)11-17(23-19)22-18-12-14(4)26-24-18/h7-12H,5-6H2,1-4H3,(H2,20,21,22,23,24). The van der Waals surface area contributed by atoms with Crippen LogP contribution in [0.1, 0.15) is 25.3 Å². The van der Waals surface area contributed by atoms with Gasteiger partial charge in [0.15, 0.2) is 5.82 Å². The third-order valence-corrected chi connectivity index (χ3v) is 3.99. The second-order valence-corrected chi connectivity index (χ2v) is 6.01. The zero-order valence-electron chi connectivity index (χ0n) is 15.6. The predicted octanol–water partition coefficient (Wildman–Crippen LogP) is 4.41. The van der Waals surface area contributed by atoms with Crippen molar-refractivity contribution in [2.45, 2.75) is 27.7 Å². The summed E-state index contributed by atoms with van der Waals surface area (Å²) in [5.41, 5.74) is 2.99. The molecule has 7 heteroatoms. The monoisotopic (exact) mass is 352 g/mol. The summed E-state index contributed by atoms with van der Waals surface area (Å²) < 4.78 is 5.07. The van der Waals surface area contributed by atoms with Crippen LogP contribution in [0, 0.1) is 13.8 Å². The van der Waals surface area contributed by atoms with Gasteiger partial charge in [-0.05, 0) is 52.0 Å². The SMILES string of the molecule is CCN(CC)c1ccc(Nc2nc(C)cc(Nc3cc(C)on3)n2)cc1. The van der Waals surface area contributed by atoms with Crippen molar-refractivity contribution in [3.63, 3.8) is 0 Å². The van der Waals surface area contributed by atoms with Crippen LogP contribution in [0.3, 0.4) is 0 Å². The average molecular weight is 352 g/mol. The van der Waals surface area contributed by atoms with Gasteiger partial charge in [-0.3, -0.25) is 0 Å². The highest BCUT2D eigenvalue weighted by atomic mass is 16.5. The summed E-state index contributed by atoms with van der Waals surface area (Å²) in [6, 6.07) is 11.9. The largest absolute Gasteiger partial charge is 0.372 e. The second-order valence-electron chi connectivity index (χ2n) is 6.01. The Morgan fingerprint density at radius 1 is 0.923 bits per heavy atom. The van der Waals surface area contributed by atoms with E-state index in [0.29, 0.717) is 17.6 Å². The fourth-order valence-corrected chi connectivity index (χ4v) is 2.72. The van der Waals surface area contributed by atoms with E-state index < -0.39 is 0 Å². The third-order valence-electron chi connectivity index (χ3n) is 3.99. The smallest absolute Gasteiger partial charge is 0.229 e. The molecule has 136 valence electrons. The Hall–Kier alpha value is -3.09. The van der Waals surface area contributed by atoms with Crippen LogP contribution in [0.5, 0.6) is 0 Å². The van der Waals surface area contributed by atoms with Crippen molar-refractivity contribution in [2.75, 3.05) is 28.6 Å². The van der Waals surface area contributed by atoms with E-state index in [9.17, 15) is 0 Å². The normalized spacial score (nSPS) is 10.6. The van der Waals surface area contributed by atoms with Gasteiger partial charge < -0.3 is 20.1 Å². The highest BCUT2D eigenvalue weighted by Crippen LogP contribution is 2.21. The van der Waals surface area contributed by atoms with Crippen molar-refractivity contribution in [1.82, 2.24) is 15.1 Å². The summed E-state index contributed by atoms with van der Waals surface area (Å²) >= 11 is 0. The maximum absolute atomic E-state index is 5.07. The van der Waals surface area contributed by atoms with Crippen LogP contribution >= 0.6 is 0 Å². The Labute approximate surface area is 153 Å². The molecule has 2 heterocycles. The Kier molecular flexibility index (Phi) is 5.36. The number of aromatic nitrogens is 3. The van der Waals surface area contributed by atoms with Gasteiger partial charge in [-0.2, -0.15) is 4.98 Å². The van der Waals surface area contributed by atoms with E-state index in [-0.39, 0.29) is 0 Å². The number of nitrogens with one attached hydrogen (secondary N) is 2. The molecule has 0 aliphatic carbocycles. The van der Waals surface area contributed by atoms with E-state index >= 15 is 0 Å². The molecule has 0 fully saturated rings. The number of aryl methyl sites for hydroxylation is 2. The molecule has 0 aliphatic heterocycles. The molecular weight excluding hydrogens is 328 g/mol. The summed E-state index contributed by atoms with van der Waals surface area (Å²) in [6.07, 6.45) is 0. The number of nitrogens with zero attached hydrogens (tertiary/aromatic N) is 4. The Balaban J connectivity index is 1.75. The number of anilines is 5. The van der Waals surface area contributed by atoms with Crippen LogP contribution < -0.4 is 15.5 Å². The van der Waals surface area contributed by atoms with Gasteiger partial charge in [0, 0.05) is 42.3 Å². The quantitative estimate of drug-likeness (QED) is 0.652. The van der Waals surface area contributed by atoms with Gasteiger partial charge in [0.1, 0.15) is 11.6 Å². The van der Waals surface area contributed by atoms with Crippen LogP contribution in [0.15, 0.2) is 40.9 Å². The van der Waals surface area contributed by atoms with Crippen LogP contribution in [0.25, 0.3) is 0 Å². The first kappa shape index (κ1) is 17.7. The lowest BCUT2D eigenvalue weighted by Gasteiger charge is -2.21. The molecule has 0 atom stereocenters. The summed E-state index contributed by atoms with van der Waals surface area (Å²) in [6.45, 7) is 10.1. The summed E-state index contributed by atoms with van der Waals surface area (Å²) in [7, 11) is 0. The molecule has 0 saturated heterocycles. The van der Waals surface area contributed by atoms with Gasteiger partial charge in [0.2, 0.25) is 5.95 Å². The minimum Gasteiger partial charge on any atom is -0.372 e. The lowest BCUT2D eigenvalue weighted by Crippen LogP contribution is -2.21. The molecule has 2 aromatic heterocycles. The molecule has 0 bridgehead atoms. The molecule has 0 spiro atoms. The van der Waals surface area contributed by atoms with Crippen LogP contribution in [0.2, 0.25) is 0 Å². The van der Waals surface area contributed by atoms with Crippen molar-refractivity contribution in [3.05, 3.63) is 47.9 Å². The van der Waals surface area contributed by atoms with Crippen LogP contribution in [-0.2, 0) is 0 Å². The van der Waals surface area contributed by atoms with Crippen molar-refractivity contribution < 1.29 is 4.52 Å². The molecule has 1 aromatic carbocycles. The molecule has 7 nitrogen and oxygen atoms in total. The number of hydrogen-bond acceptors (Lipinski definition) is 7. The molecule has 26 heavy (non-hydrogen) atoms. The van der Waals surface area contributed by atoms with Gasteiger partial charge in [0.25, 0.3) is 0 Å². The number of hydrogen-bond donors (Lipinski definition) is 2. The molecule has 0 aliphatic rings. The van der Waals surface area contributed by atoms with Crippen molar-refractivity contribution in [3.8, 4) is 0 Å². The topological polar surface area (TPSA) is 79.1 Å². The fraction of sp³-hybridized carbons (Fsp3) is 0.316. The van der Waals surface area contributed by atoms with E-state index in [4.69, 9.17) is 4.52 Å². The van der Waals surface area contributed by atoms with Gasteiger partial charge in [0.05, 0.1) is 0 Å². The predicted molar refractivity (Wildman–Crippen MR) is 105 cm³/mol. The maximum atomic E-state index is 5.07. The van der Waals surface area contributed by atoms with Gasteiger partial charge in [-0.1, -0.05) is 5.16 Å². The maximum Gasteiger partial charge on any atom is 0.229 e. The first-order valence-corrected chi connectivity index (χ1v) is 8.75. The Morgan fingerprint density at radius 2 is 1.65 bits per heavy atom. The van der Waals surface area contributed by atoms with Gasteiger partial charge >= 0.3 is 0 Å². The van der Waals surface area contributed by atoms with Crippen LogP contribution in [0.4, 0.5) is 29.0 Å². The lowest BCUT2D eigenvalue weighted by molar-refractivity contribution is 0.400. The van der Waals surface area contributed by atoms with Crippen molar-refractivity contribution in [1.29, 1.82) is 0 Å². The highest BCUT2D eigenvalue weighted by Gasteiger charge is 2.07. The molecular formula is C19H24N6O. The van der Waals surface area contributed by atoms with E-state index in [1.165, 1.54) is 5.69 Å². The van der Waals surface area contributed by atoms with Gasteiger partial charge in [-0.15, -0.1) is 0 Å². The first-order valence-electron chi connectivity index (χ1n) is 8.75. The van der Waals surface area contributed by atoms with E-state index in [1.807, 2.05) is 38.1 Å². The lowest BCUT2D eigenvalue weighted by atomic mass is 10.2. The minimum absolute atomic E-state index is 0.531. The number of benzene rings is 1. The zero-order valence-corrected chi connectivity index (χ0v) is 15.6. The molecule has 3 aromatic rings. The summed E-state index contributed by atoms with van der Waals surface area (Å²) in [5, 5.41) is 10.3. The van der Waals surface area contributed by atoms with Crippen molar-refractivity contribution >= 4 is 29.0 Å². The zero-order chi connectivity index (χ0) is 18.5. The Bertz CT molecular complexity index is 855. The van der Waals surface area contributed by atoms with Gasteiger partial charge in [-0.25, -0.2) is 4.98 Å². The average Bonchev–Trinajstić information content (AvgIpc) is 3.02. The minimum atomic E-state index is 0.531. The van der Waals surface area contributed by atoms with E-state index in [1.54, 1.807) is 0 Å². The second kappa shape index (κ2) is 7.86. The molecule has 0 saturated carbocycles. The first-order chi connectivity index (χ1) is 12.6. The molecule has 0 amide bonds. The molecule has 0 radical (unpaired) electrons.